The van der Waals surface area contributed by atoms with Gasteiger partial charge in [0.15, 0.2) is 0 Å². The predicted octanol–water partition coefficient (Wildman–Crippen LogP) is 3.04. The number of amides is 1. The summed E-state index contributed by atoms with van der Waals surface area (Å²) in [6, 6.07) is 3.96. The maximum absolute atomic E-state index is 13.3. The molecule has 2 fully saturated rings. The van der Waals surface area contributed by atoms with Gasteiger partial charge in [-0.25, -0.2) is 0 Å². The predicted molar refractivity (Wildman–Crippen MR) is 126 cm³/mol. The van der Waals surface area contributed by atoms with Crippen LogP contribution in [0.1, 0.15) is 37.8 Å². The van der Waals surface area contributed by atoms with E-state index in [1.54, 1.807) is 10.9 Å². The molecule has 2 bridgehead atoms. The number of allylic oxidation sites excluding steroid dienone is 1. The number of carbonyl (C=O) groups is 1. The minimum atomic E-state index is -0.0559. The third-order valence-corrected chi connectivity index (χ3v) is 7.93. The highest BCUT2D eigenvalue weighted by molar-refractivity contribution is 5.78. The number of nitrogens with zero attached hydrogens (tertiary/aromatic N) is 5. The quantitative estimate of drug-likeness (QED) is 0.608. The number of carbonyl (C=O) groups excluding carboxylic acids is 1. The highest BCUT2D eigenvalue weighted by atomic mass is 16.5. The molecule has 6 rings (SSSR count). The Labute approximate surface area is 196 Å². The van der Waals surface area contributed by atoms with Gasteiger partial charge in [-0.1, -0.05) is 31.6 Å². The molecule has 1 unspecified atom stereocenters. The van der Waals surface area contributed by atoms with Crippen molar-refractivity contribution in [2.24, 2.45) is 24.3 Å². The molecule has 0 aromatic carbocycles. The minimum Gasteiger partial charge on any atom is -0.370 e. The monoisotopic (exact) mass is 449 g/mol. The average Bonchev–Trinajstić information content (AvgIpc) is 3.15. The second-order valence-electron chi connectivity index (χ2n) is 10.6. The highest BCUT2D eigenvalue weighted by Crippen LogP contribution is 2.59. The van der Waals surface area contributed by atoms with E-state index in [2.05, 4.69) is 34.9 Å². The molecule has 0 radical (unpaired) electrons. The largest absolute Gasteiger partial charge is 0.370 e. The molecule has 0 spiro atoms. The maximum Gasteiger partial charge on any atom is 0.237 e. The van der Waals surface area contributed by atoms with Crippen molar-refractivity contribution in [3.63, 3.8) is 0 Å². The van der Waals surface area contributed by atoms with E-state index in [4.69, 9.17) is 4.74 Å². The van der Waals surface area contributed by atoms with E-state index in [0.717, 1.165) is 30.1 Å². The van der Waals surface area contributed by atoms with E-state index < -0.39 is 0 Å². The standard InChI is InChI=1S/C26H35N5O2/c1-26(2)22-7-6-21(24(26)9-22)14-30-15-23(33-18-19-5-4-8-27-10-19)16-31(25(32)17-30)13-20-11-28-29(3)12-20/h4-6,8,10-12,22-24H,7,9,13-18H2,1-3H3/t22-,23?,24-/m0/s1. The zero-order valence-electron chi connectivity index (χ0n) is 20.0. The topological polar surface area (TPSA) is 63.5 Å². The van der Waals surface area contributed by atoms with E-state index in [1.807, 2.05) is 42.7 Å². The lowest BCUT2D eigenvalue weighted by molar-refractivity contribution is -0.132. The summed E-state index contributed by atoms with van der Waals surface area (Å²) in [5, 5.41) is 4.27. The lowest BCUT2D eigenvalue weighted by atomic mass is 9.49. The van der Waals surface area contributed by atoms with Gasteiger partial charge in [0.1, 0.15) is 0 Å². The first kappa shape index (κ1) is 22.3. The van der Waals surface area contributed by atoms with Crippen LogP contribution < -0.4 is 0 Å². The van der Waals surface area contributed by atoms with E-state index >= 15 is 0 Å². The van der Waals surface area contributed by atoms with Crippen LogP contribution in [0, 0.1) is 17.3 Å². The van der Waals surface area contributed by atoms with E-state index in [-0.39, 0.29) is 12.0 Å². The number of aromatic nitrogens is 3. The molecular formula is C26H35N5O2. The van der Waals surface area contributed by atoms with Gasteiger partial charge in [0.2, 0.25) is 5.91 Å². The minimum absolute atomic E-state index is 0.0559. The normalized spacial score (nSPS) is 27.1. The van der Waals surface area contributed by atoms with Crippen molar-refractivity contribution in [2.75, 3.05) is 26.2 Å². The van der Waals surface area contributed by atoms with Crippen LogP contribution >= 0.6 is 0 Å². The number of hydrogen-bond donors (Lipinski definition) is 0. The second kappa shape index (κ2) is 9.03. The number of fused-ring (bicyclic) bond motifs is 1. The summed E-state index contributed by atoms with van der Waals surface area (Å²) in [6.45, 7) is 8.50. The van der Waals surface area contributed by atoms with Gasteiger partial charge in [0.05, 0.1) is 25.5 Å². The van der Waals surface area contributed by atoms with Crippen LogP contribution in [0.25, 0.3) is 0 Å². The molecule has 3 heterocycles. The van der Waals surface area contributed by atoms with Crippen molar-refractivity contribution in [3.8, 4) is 0 Å². The molecule has 1 saturated heterocycles. The summed E-state index contributed by atoms with van der Waals surface area (Å²) < 4.78 is 8.13. The van der Waals surface area contributed by atoms with E-state index in [1.165, 1.54) is 18.4 Å². The molecule has 2 aromatic rings. The number of pyridine rings is 1. The first-order chi connectivity index (χ1) is 15.9. The summed E-state index contributed by atoms with van der Waals surface area (Å²) in [6.07, 6.45) is 12.3. The Morgan fingerprint density at radius 1 is 1.18 bits per heavy atom. The van der Waals surface area contributed by atoms with Crippen molar-refractivity contribution in [2.45, 2.75) is 45.9 Å². The van der Waals surface area contributed by atoms with Crippen LogP contribution in [-0.2, 0) is 29.7 Å². The van der Waals surface area contributed by atoms with Crippen molar-refractivity contribution in [3.05, 3.63) is 59.7 Å². The molecule has 7 nitrogen and oxygen atoms in total. The molecule has 4 aliphatic rings. The van der Waals surface area contributed by atoms with Crippen molar-refractivity contribution in [1.82, 2.24) is 24.6 Å². The van der Waals surface area contributed by atoms with Crippen molar-refractivity contribution >= 4 is 5.91 Å². The first-order valence-corrected chi connectivity index (χ1v) is 12.1. The molecule has 7 heteroatoms. The van der Waals surface area contributed by atoms with Crippen molar-refractivity contribution < 1.29 is 9.53 Å². The Balaban J connectivity index is 1.30. The fourth-order valence-corrected chi connectivity index (χ4v) is 5.81. The van der Waals surface area contributed by atoms with Gasteiger partial charge >= 0.3 is 0 Å². The number of ether oxygens (including phenoxy) is 1. The molecule has 3 aliphatic carbocycles. The van der Waals surface area contributed by atoms with Gasteiger partial charge in [0, 0.05) is 57.4 Å². The molecule has 2 aromatic heterocycles. The number of aryl methyl sites for hydroxylation is 1. The summed E-state index contributed by atoms with van der Waals surface area (Å²) >= 11 is 0. The van der Waals surface area contributed by atoms with Crippen LogP contribution in [0.15, 0.2) is 48.6 Å². The second-order valence-corrected chi connectivity index (χ2v) is 10.6. The maximum atomic E-state index is 13.3. The third-order valence-electron chi connectivity index (χ3n) is 7.93. The Hall–Kier alpha value is -2.51. The van der Waals surface area contributed by atoms with Crippen LogP contribution in [0.5, 0.6) is 0 Å². The van der Waals surface area contributed by atoms with Crippen LogP contribution in [0.3, 0.4) is 0 Å². The zero-order valence-corrected chi connectivity index (χ0v) is 20.0. The van der Waals surface area contributed by atoms with E-state index in [0.29, 0.717) is 37.6 Å². The van der Waals surface area contributed by atoms with Gasteiger partial charge < -0.3 is 9.64 Å². The van der Waals surface area contributed by atoms with Gasteiger partial charge in [0.25, 0.3) is 0 Å². The van der Waals surface area contributed by atoms with Gasteiger partial charge in [-0.05, 0) is 41.7 Å². The van der Waals surface area contributed by atoms with Crippen molar-refractivity contribution in [1.29, 1.82) is 0 Å². The van der Waals surface area contributed by atoms with Gasteiger partial charge in [-0.15, -0.1) is 0 Å². The Morgan fingerprint density at radius 3 is 2.76 bits per heavy atom. The summed E-state index contributed by atoms with van der Waals surface area (Å²) in [4.78, 5) is 21.7. The van der Waals surface area contributed by atoms with E-state index in [9.17, 15) is 4.79 Å². The fraction of sp³-hybridized carbons (Fsp3) is 0.577. The summed E-state index contributed by atoms with van der Waals surface area (Å²) in [5.74, 6) is 1.63. The SMILES string of the molecule is Cn1cc(CN2CC(OCc3cccnc3)CN(CC3=CC[C@H]4C[C@@H]3C4(C)C)CC2=O)cn1. The number of hydrogen-bond acceptors (Lipinski definition) is 5. The molecule has 33 heavy (non-hydrogen) atoms. The smallest absolute Gasteiger partial charge is 0.237 e. The molecular weight excluding hydrogens is 414 g/mol. The van der Waals surface area contributed by atoms with Crippen LogP contribution in [0.2, 0.25) is 0 Å². The third kappa shape index (κ3) is 4.75. The molecule has 176 valence electrons. The molecule has 1 saturated carbocycles. The highest BCUT2D eigenvalue weighted by Gasteiger charge is 2.51. The Bertz CT molecular complexity index is 1010. The lowest BCUT2D eigenvalue weighted by Gasteiger charge is -2.57. The Morgan fingerprint density at radius 2 is 2.06 bits per heavy atom. The Kier molecular flexibility index (Phi) is 6.10. The lowest BCUT2D eigenvalue weighted by Crippen LogP contribution is -2.50. The first-order valence-electron chi connectivity index (χ1n) is 12.1. The molecule has 1 aliphatic heterocycles. The molecule has 3 atom stereocenters. The number of rotatable bonds is 7. The molecule has 1 amide bonds. The zero-order chi connectivity index (χ0) is 23.0. The van der Waals surface area contributed by atoms with Crippen LogP contribution in [0.4, 0.5) is 0 Å². The van der Waals surface area contributed by atoms with Crippen LogP contribution in [-0.4, -0.2) is 62.8 Å². The average molecular weight is 450 g/mol. The van der Waals surface area contributed by atoms with Gasteiger partial charge in [-0.2, -0.15) is 5.10 Å². The fourth-order valence-electron chi connectivity index (χ4n) is 5.81. The summed E-state index contributed by atoms with van der Waals surface area (Å²) in [5.41, 5.74) is 4.00. The van der Waals surface area contributed by atoms with Gasteiger partial charge in [-0.3, -0.25) is 19.4 Å². The molecule has 0 N–H and O–H groups in total. The summed E-state index contributed by atoms with van der Waals surface area (Å²) in [7, 11) is 1.90.